The molecule has 3 aromatic rings. The van der Waals surface area contributed by atoms with Gasteiger partial charge < -0.3 is 5.73 Å². The second-order valence-corrected chi connectivity index (χ2v) is 3.09. The van der Waals surface area contributed by atoms with Crippen molar-refractivity contribution < 1.29 is 0 Å². The molecule has 3 rings (SSSR count). The number of nitrogen functional groups attached to an aromatic ring is 1. The Kier molecular flexibility index (Phi) is 1.25. The maximum atomic E-state index is 5.73. The van der Waals surface area contributed by atoms with Crippen LogP contribution in [0, 0.1) is 0 Å². The highest BCUT2D eigenvalue weighted by atomic mass is 15.1. The van der Waals surface area contributed by atoms with E-state index < -0.39 is 0 Å². The smallest absolute Gasteiger partial charge is 0.134 e. The van der Waals surface area contributed by atoms with Gasteiger partial charge in [0.25, 0.3) is 0 Å². The minimum absolute atomic E-state index is 0.492. The summed E-state index contributed by atoms with van der Waals surface area (Å²) in [5.41, 5.74) is 7.51. The maximum absolute atomic E-state index is 5.73. The highest BCUT2D eigenvalue weighted by Crippen LogP contribution is 2.21. The number of nitrogens with two attached hydrogens (primary N) is 1. The zero-order valence-corrected chi connectivity index (χ0v) is 7.23. The Labute approximate surface area is 79.0 Å². The molecule has 5 heteroatoms. The minimum Gasteiger partial charge on any atom is -0.383 e. The number of fused-ring (bicyclic) bond motifs is 2. The zero-order chi connectivity index (χ0) is 9.54. The lowest BCUT2D eigenvalue weighted by molar-refractivity contribution is 1.12. The predicted octanol–water partition coefficient (Wildman–Crippen LogP) is 1.09. The first kappa shape index (κ1) is 7.25. The molecule has 0 unspecified atom stereocenters. The number of H-pyrrole nitrogens is 1. The lowest BCUT2D eigenvalue weighted by Crippen LogP contribution is -1.92. The third-order valence-corrected chi connectivity index (χ3v) is 2.23. The van der Waals surface area contributed by atoms with Crippen molar-refractivity contribution >= 4 is 27.6 Å². The van der Waals surface area contributed by atoms with Gasteiger partial charge in [0.05, 0.1) is 17.2 Å². The Morgan fingerprint density at radius 2 is 2.14 bits per heavy atom. The van der Waals surface area contributed by atoms with Crippen LogP contribution in [-0.2, 0) is 0 Å². The van der Waals surface area contributed by atoms with E-state index in [4.69, 9.17) is 5.73 Å². The number of nitrogens with one attached hydrogen (secondary N) is 1. The van der Waals surface area contributed by atoms with Crippen molar-refractivity contribution in [2.24, 2.45) is 0 Å². The molecule has 0 saturated heterocycles. The molecular weight excluding hydrogens is 178 g/mol. The predicted molar refractivity (Wildman–Crippen MR) is 53.6 cm³/mol. The van der Waals surface area contributed by atoms with E-state index in [1.807, 2.05) is 12.1 Å². The fourth-order valence-corrected chi connectivity index (χ4v) is 1.51. The van der Waals surface area contributed by atoms with Crippen LogP contribution in [0.4, 0.5) is 5.82 Å². The summed E-state index contributed by atoms with van der Waals surface area (Å²) in [6.45, 7) is 0. The number of rotatable bonds is 0. The topological polar surface area (TPSA) is 80.5 Å². The normalized spacial score (nSPS) is 11.1. The average Bonchev–Trinajstić information content (AvgIpc) is 2.62. The van der Waals surface area contributed by atoms with E-state index in [2.05, 4.69) is 20.2 Å². The lowest BCUT2D eigenvalue weighted by Gasteiger charge is -1.99. The van der Waals surface area contributed by atoms with Gasteiger partial charge in [-0.1, -0.05) is 0 Å². The van der Waals surface area contributed by atoms with Crippen LogP contribution < -0.4 is 5.73 Å². The molecule has 0 aliphatic rings. The number of anilines is 1. The number of hydrogen-bond donors (Lipinski definition) is 2. The Morgan fingerprint density at radius 3 is 3.07 bits per heavy atom. The number of benzene rings is 1. The van der Waals surface area contributed by atoms with Crippen molar-refractivity contribution in [3.63, 3.8) is 0 Å². The van der Waals surface area contributed by atoms with Crippen molar-refractivity contribution in [2.45, 2.75) is 0 Å². The maximum Gasteiger partial charge on any atom is 0.134 e. The Bertz CT molecular complexity index is 613. The number of aromatic amines is 1. The average molecular weight is 185 g/mol. The molecule has 0 amide bonds. The molecule has 2 heterocycles. The molecule has 0 aliphatic carbocycles. The van der Waals surface area contributed by atoms with Crippen LogP contribution in [0.25, 0.3) is 21.8 Å². The molecule has 0 saturated carbocycles. The van der Waals surface area contributed by atoms with Crippen LogP contribution in [-0.4, -0.2) is 20.2 Å². The molecule has 14 heavy (non-hydrogen) atoms. The van der Waals surface area contributed by atoms with Crippen LogP contribution in [0.5, 0.6) is 0 Å². The van der Waals surface area contributed by atoms with Crippen molar-refractivity contribution in [2.75, 3.05) is 5.73 Å². The Hall–Kier alpha value is -2.17. The monoisotopic (exact) mass is 185 g/mol. The van der Waals surface area contributed by atoms with E-state index in [0.29, 0.717) is 5.82 Å². The zero-order valence-electron chi connectivity index (χ0n) is 7.23. The fourth-order valence-electron chi connectivity index (χ4n) is 1.51. The number of hydrogen-bond acceptors (Lipinski definition) is 4. The summed E-state index contributed by atoms with van der Waals surface area (Å²) in [4.78, 5) is 8.07. The molecular formula is C9H7N5. The van der Waals surface area contributed by atoms with Crippen molar-refractivity contribution in [3.8, 4) is 0 Å². The molecule has 0 atom stereocenters. The van der Waals surface area contributed by atoms with Crippen molar-refractivity contribution in [1.29, 1.82) is 0 Å². The molecule has 0 aliphatic heterocycles. The van der Waals surface area contributed by atoms with E-state index in [1.165, 1.54) is 6.33 Å². The first-order valence-electron chi connectivity index (χ1n) is 4.18. The van der Waals surface area contributed by atoms with Crippen LogP contribution in [0.1, 0.15) is 0 Å². The van der Waals surface area contributed by atoms with Gasteiger partial charge in [-0.3, -0.25) is 5.10 Å². The van der Waals surface area contributed by atoms with Crippen LogP contribution in [0.15, 0.2) is 24.7 Å². The van der Waals surface area contributed by atoms with Gasteiger partial charge in [-0.15, -0.1) is 0 Å². The van der Waals surface area contributed by atoms with Gasteiger partial charge in [-0.2, -0.15) is 5.10 Å². The Balaban J connectivity index is 2.57. The summed E-state index contributed by atoms with van der Waals surface area (Å²) in [6.07, 6.45) is 3.22. The third kappa shape index (κ3) is 0.861. The molecule has 0 bridgehead atoms. The van der Waals surface area contributed by atoms with Gasteiger partial charge in [0.2, 0.25) is 0 Å². The van der Waals surface area contributed by atoms with Crippen LogP contribution in [0.3, 0.4) is 0 Å². The SMILES string of the molecule is Nc1ncnc2cc3cn[nH]c3cc12. The molecule has 5 nitrogen and oxygen atoms in total. The molecule has 0 radical (unpaired) electrons. The summed E-state index contributed by atoms with van der Waals surface area (Å²) in [5.74, 6) is 0.492. The summed E-state index contributed by atoms with van der Waals surface area (Å²) in [7, 11) is 0. The van der Waals surface area contributed by atoms with Crippen LogP contribution in [0.2, 0.25) is 0 Å². The van der Waals surface area contributed by atoms with Gasteiger partial charge >= 0.3 is 0 Å². The van der Waals surface area contributed by atoms with E-state index in [0.717, 1.165) is 21.8 Å². The van der Waals surface area contributed by atoms with Crippen molar-refractivity contribution in [1.82, 2.24) is 20.2 Å². The first-order chi connectivity index (χ1) is 6.84. The first-order valence-corrected chi connectivity index (χ1v) is 4.18. The quantitative estimate of drug-likeness (QED) is 0.549. The van der Waals surface area contributed by atoms with Crippen molar-refractivity contribution in [3.05, 3.63) is 24.7 Å². The second-order valence-electron chi connectivity index (χ2n) is 3.09. The molecule has 0 spiro atoms. The second kappa shape index (κ2) is 2.41. The molecule has 1 aromatic carbocycles. The highest BCUT2D eigenvalue weighted by Gasteiger charge is 2.03. The molecule has 0 fully saturated rings. The molecule has 68 valence electrons. The van der Waals surface area contributed by atoms with Gasteiger partial charge in [-0.05, 0) is 12.1 Å². The van der Waals surface area contributed by atoms with Gasteiger partial charge in [0, 0.05) is 10.8 Å². The van der Waals surface area contributed by atoms with Gasteiger partial charge in [0.15, 0.2) is 0 Å². The molecule has 2 aromatic heterocycles. The third-order valence-electron chi connectivity index (χ3n) is 2.23. The highest BCUT2D eigenvalue weighted by molar-refractivity contribution is 5.98. The van der Waals surface area contributed by atoms with E-state index in [1.54, 1.807) is 6.20 Å². The number of nitrogens with zero attached hydrogens (tertiary/aromatic N) is 3. The molecule has 3 N–H and O–H groups in total. The summed E-state index contributed by atoms with van der Waals surface area (Å²) < 4.78 is 0. The standard InChI is InChI=1S/C9H7N5/c10-9-6-2-7-5(3-13-14-7)1-8(6)11-4-12-9/h1-4H,(H,13,14)(H2,10,11,12). The summed E-state index contributed by atoms with van der Waals surface area (Å²) in [6, 6.07) is 3.85. The van der Waals surface area contributed by atoms with Gasteiger partial charge in [-0.25, -0.2) is 9.97 Å². The van der Waals surface area contributed by atoms with Gasteiger partial charge in [0.1, 0.15) is 12.1 Å². The summed E-state index contributed by atoms with van der Waals surface area (Å²) in [5, 5.41) is 8.69. The summed E-state index contributed by atoms with van der Waals surface area (Å²) >= 11 is 0. The van der Waals surface area contributed by atoms with Crippen LogP contribution >= 0.6 is 0 Å². The number of aromatic nitrogens is 4. The fraction of sp³-hybridized carbons (Fsp3) is 0. The minimum atomic E-state index is 0.492. The van der Waals surface area contributed by atoms with E-state index in [-0.39, 0.29) is 0 Å². The largest absolute Gasteiger partial charge is 0.383 e. The van der Waals surface area contributed by atoms with E-state index in [9.17, 15) is 0 Å². The lowest BCUT2D eigenvalue weighted by atomic mass is 10.2. The Morgan fingerprint density at radius 1 is 1.21 bits per heavy atom. The van der Waals surface area contributed by atoms with E-state index >= 15 is 0 Å².